The summed E-state index contributed by atoms with van der Waals surface area (Å²) >= 11 is 2.13. The molecule has 0 radical (unpaired) electrons. The molecule has 5 heteroatoms. The number of isocyanates is 1. The molecule has 1 aromatic carbocycles. The minimum Gasteiger partial charge on any atom is -0.420 e. The molecule has 0 atom stereocenters. The van der Waals surface area contributed by atoms with E-state index in [0.717, 1.165) is 3.57 Å². The molecule has 64 valence electrons. The van der Waals surface area contributed by atoms with Crippen molar-refractivity contribution in [3.05, 3.63) is 21.8 Å². The molecule has 0 fully saturated rings. The topological polar surface area (TPSA) is 55.5 Å². The van der Waals surface area contributed by atoms with Crippen molar-refractivity contribution in [1.82, 2.24) is 4.98 Å². The smallest absolute Gasteiger partial charge is 0.333 e. The molecule has 0 spiro atoms. The van der Waals surface area contributed by atoms with Gasteiger partial charge in [0.25, 0.3) is 0 Å². The number of nitrogens with zero attached hydrogens (tertiary/aromatic N) is 2. The fourth-order valence-electron chi connectivity index (χ4n) is 0.991. The third-order valence-electron chi connectivity index (χ3n) is 1.50. The van der Waals surface area contributed by atoms with Gasteiger partial charge in [-0.3, -0.25) is 0 Å². The summed E-state index contributed by atoms with van der Waals surface area (Å²) in [5.41, 5.74) is 1.35. The van der Waals surface area contributed by atoms with E-state index in [1.54, 1.807) is 6.07 Å². The first-order valence-corrected chi connectivity index (χ1v) is 4.52. The summed E-state index contributed by atoms with van der Waals surface area (Å²) in [6.45, 7) is 0. The van der Waals surface area contributed by atoms with Gasteiger partial charge in [0.2, 0.25) is 6.08 Å². The minimum atomic E-state index is 0.0501. The summed E-state index contributed by atoms with van der Waals surface area (Å²) in [7, 11) is 0. The first kappa shape index (κ1) is 8.40. The van der Waals surface area contributed by atoms with Crippen molar-refractivity contribution in [3.63, 3.8) is 0 Å². The summed E-state index contributed by atoms with van der Waals surface area (Å²) in [5, 5.41) is 0. The molecule has 0 aliphatic rings. The molecule has 13 heavy (non-hydrogen) atoms. The number of para-hydroxylation sites is 1. The minimum absolute atomic E-state index is 0.0501. The Bertz CT molecular complexity index is 500. The van der Waals surface area contributed by atoms with Gasteiger partial charge in [-0.15, -0.1) is 4.99 Å². The lowest BCUT2D eigenvalue weighted by atomic mass is 10.3. The van der Waals surface area contributed by atoms with Gasteiger partial charge in [0.05, 0.1) is 3.57 Å². The molecule has 0 aliphatic heterocycles. The van der Waals surface area contributed by atoms with Crippen LogP contribution in [0.4, 0.5) is 6.01 Å². The highest BCUT2D eigenvalue weighted by molar-refractivity contribution is 14.1. The molecule has 2 rings (SSSR count). The van der Waals surface area contributed by atoms with E-state index in [-0.39, 0.29) is 6.01 Å². The third-order valence-corrected chi connectivity index (χ3v) is 2.35. The number of hydrogen-bond acceptors (Lipinski definition) is 4. The van der Waals surface area contributed by atoms with E-state index in [2.05, 4.69) is 32.6 Å². The number of carbonyl (C=O) groups excluding carboxylic acids is 1. The van der Waals surface area contributed by atoms with Gasteiger partial charge in [-0.05, 0) is 34.7 Å². The van der Waals surface area contributed by atoms with Crippen LogP contribution in [-0.2, 0) is 4.79 Å². The summed E-state index contributed by atoms with van der Waals surface area (Å²) in [6, 6.07) is 5.60. The summed E-state index contributed by atoms with van der Waals surface area (Å²) < 4.78 is 6.13. The zero-order valence-corrected chi connectivity index (χ0v) is 8.48. The second-order valence-electron chi connectivity index (χ2n) is 2.29. The van der Waals surface area contributed by atoms with Gasteiger partial charge in [-0.1, -0.05) is 6.07 Å². The lowest BCUT2D eigenvalue weighted by Crippen LogP contribution is -1.70. The first-order chi connectivity index (χ1) is 6.31. The Morgan fingerprint density at radius 2 is 2.38 bits per heavy atom. The standard InChI is InChI=1S/C8H3IN2O2/c9-5-2-1-3-6-7(5)13-8(11-6)10-4-12/h1-3H. The normalized spacial score (nSPS) is 9.92. The molecular weight excluding hydrogens is 283 g/mol. The van der Waals surface area contributed by atoms with Crippen molar-refractivity contribution in [3.8, 4) is 0 Å². The van der Waals surface area contributed by atoms with Crippen molar-refractivity contribution < 1.29 is 9.21 Å². The maximum absolute atomic E-state index is 9.94. The number of halogens is 1. The summed E-state index contributed by atoms with van der Waals surface area (Å²) in [6.07, 6.45) is 1.38. The highest BCUT2D eigenvalue weighted by atomic mass is 127. The Balaban J connectivity index is 2.75. The number of hydrogen-bond donors (Lipinski definition) is 0. The monoisotopic (exact) mass is 286 g/mol. The molecule has 4 nitrogen and oxygen atoms in total. The lowest BCUT2D eigenvalue weighted by molar-refractivity contribution is 0.559. The van der Waals surface area contributed by atoms with Crippen LogP contribution in [0.2, 0.25) is 0 Å². The van der Waals surface area contributed by atoms with Crippen LogP contribution in [0.1, 0.15) is 0 Å². The number of benzene rings is 1. The SMILES string of the molecule is O=C=Nc1nc2cccc(I)c2o1. The van der Waals surface area contributed by atoms with Crippen molar-refractivity contribution >= 4 is 45.8 Å². The Hall–Kier alpha value is -1.20. The number of aromatic nitrogens is 1. The van der Waals surface area contributed by atoms with E-state index in [9.17, 15) is 4.79 Å². The Morgan fingerprint density at radius 3 is 3.08 bits per heavy atom. The van der Waals surface area contributed by atoms with Crippen LogP contribution < -0.4 is 0 Å². The molecule has 1 aromatic heterocycles. The number of aliphatic imine (C=N–C) groups is 1. The van der Waals surface area contributed by atoms with E-state index >= 15 is 0 Å². The quantitative estimate of drug-likeness (QED) is 0.459. The molecule has 0 saturated carbocycles. The predicted octanol–water partition coefficient (Wildman–Crippen LogP) is 2.40. The zero-order chi connectivity index (χ0) is 9.26. The van der Waals surface area contributed by atoms with Crippen LogP contribution >= 0.6 is 22.6 Å². The van der Waals surface area contributed by atoms with Crippen LogP contribution in [-0.4, -0.2) is 11.1 Å². The Kier molecular flexibility index (Phi) is 2.12. The van der Waals surface area contributed by atoms with Crippen LogP contribution in [0.15, 0.2) is 27.6 Å². The molecule has 0 bridgehead atoms. The van der Waals surface area contributed by atoms with Crippen molar-refractivity contribution in [2.75, 3.05) is 0 Å². The fraction of sp³-hybridized carbons (Fsp3) is 0. The number of fused-ring (bicyclic) bond motifs is 1. The van der Waals surface area contributed by atoms with Crippen LogP contribution in [0.25, 0.3) is 11.1 Å². The maximum Gasteiger partial charge on any atom is 0.333 e. The molecule has 0 N–H and O–H groups in total. The maximum atomic E-state index is 9.94. The van der Waals surface area contributed by atoms with Crippen LogP contribution in [0.3, 0.4) is 0 Å². The second-order valence-corrected chi connectivity index (χ2v) is 3.45. The number of rotatable bonds is 1. The van der Waals surface area contributed by atoms with E-state index in [1.807, 2.05) is 12.1 Å². The van der Waals surface area contributed by atoms with Gasteiger partial charge in [0.15, 0.2) is 5.58 Å². The van der Waals surface area contributed by atoms with Crippen LogP contribution in [0.5, 0.6) is 0 Å². The highest BCUT2D eigenvalue weighted by Gasteiger charge is 2.06. The van der Waals surface area contributed by atoms with Crippen molar-refractivity contribution in [2.45, 2.75) is 0 Å². The van der Waals surface area contributed by atoms with Gasteiger partial charge in [-0.2, -0.15) is 4.98 Å². The third kappa shape index (κ3) is 1.48. The Labute approximate surface area is 86.8 Å². The molecule has 1 heterocycles. The summed E-state index contributed by atoms with van der Waals surface area (Å²) in [5.74, 6) is 0. The molecule has 2 aromatic rings. The zero-order valence-electron chi connectivity index (χ0n) is 6.32. The molecule has 0 aliphatic carbocycles. The van der Waals surface area contributed by atoms with Gasteiger partial charge >= 0.3 is 6.01 Å². The molecular formula is C8H3IN2O2. The van der Waals surface area contributed by atoms with Crippen molar-refractivity contribution in [2.24, 2.45) is 4.99 Å². The van der Waals surface area contributed by atoms with Gasteiger partial charge in [0, 0.05) is 0 Å². The average Bonchev–Trinajstić information content (AvgIpc) is 2.49. The molecule has 0 saturated heterocycles. The lowest BCUT2D eigenvalue weighted by Gasteiger charge is -1.87. The molecule has 0 unspecified atom stereocenters. The van der Waals surface area contributed by atoms with Gasteiger partial charge < -0.3 is 4.42 Å². The van der Waals surface area contributed by atoms with Crippen LogP contribution in [0, 0.1) is 3.57 Å². The van der Waals surface area contributed by atoms with E-state index < -0.39 is 0 Å². The largest absolute Gasteiger partial charge is 0.420 e. The van der Waals surface area contributed by atoms with E-state index in [1.165, 1.54) is 6.08 Å². The average molecular weight is 286 g/mol. The Morgan fingerprint density at radius 1 is 1.54 bits per heavy atom. The predicted molar refractivity (Wildman–Crippen MR) is 54.5 cm³/mol. The fourth-order valence-corrected chi connectivity index (χ4v) is 1.58. The molecule has 0 amide bonds. The van der Waals surface area contributed by atoms with E-state index in [0.29, 0.717) is 11.1 Å². The first-order valence-electron chi connectivity index (χ1n) is 3.44. The summed E-state index contributed by atoms with van der Waals surface area (Å²) in [4.78, 5) is 17.2. The van der Waals surface area contributed by atoms with E-state index in [4.69, 9.17) is 4.42 Å². The van der Waals surface area contributed by atoms with Gasteiger partial charge in [0.1, 0.15) is 5.52 Å². The highest BCUT2D eigenvalue weighted by Crippen LogP contribution is 2.24. The second kappa shape index (κ2) is 3.27. The van der Waals surface area contributed by atoms with Gasteiger partial charge in [-0.25, -0.2) is 4.79 Å². The number of oxazole rings is 1. The van der Waals surface area contributed by atoms with Crippen molar-refractivity contribution in [1.29, 1.82) is 0 Å².